The van der Waals surface area contributed by atoms with Crippen LogP contribution >= 0.6 is 15.9 Å². The maximum absolute atomic E-state index is 3.48. The van der Waals surface area contributed by atoms with Crippen LogP contribution in [0.3, 0.4) is 0 Å². The quantitative estimate of drug-likeness (QED) is 0.827. The average molecular weight is 332 g/mol. The Morgan fingerprint density at radius 3 is 1.75 bits per heavy atom. The lowest BCUT2D eigenvalue weighted by Crippen LogP contribution is -2.29. The van der Waals surface area contributed by atoms with Crippen molar-refractivity contribution in [3.63, 3.8) is 0 Å². The van der Waals surface area contributed by atoms with E-state index in [0.717, 1.165) is 23.7 Å². The van der Waals surface area contributed by atoms with Crippen LogP contribution in [0.1, 0.15) is 23.6 Å². The zero-order valence-corrected chi connectivity index (χ0v) is 13.8. The Hall–Kier alpha value is -1.12. The first-order chi connectivity index (χ1) is 9.71. The molecular formula is C18H22BrN. The fourth-order valence-electron chi connectivity index (χ4n) is 2.38. The Morgan fingerprint density at radius 2 is 1.30 bits per heavy atom. The van der Waals surface area contributed by atoms with Crippen molar-refractivity contribution in [2.24, 2.45) is 0 Å². The largest absolute Gasteiger partial charge is 0.316 e. The van der Waals surface area contributed by atoms with E-state index in [2.05, 4.69) is 76.7 Å². The summed E-state index contributed by atoms with van der Waals surface area (Å²) in [5.74, 6) is 0. The SMILES string of the molecule is CCc1ccc(CC(Cc2ccc(Br)cc2)NC)cc1. The van der Waals surface area contributed by atoms with Crippen LogP contribution in [0.15, 0.2) is 53.0 Å². The minimum Gasteiger partial charge on any atom is -0.316 e. The summed E-state index contributed by atoms with van der Waals surface area (Å²) in [6.07, 6.45) is 3.23. The van der Waals surface area contributed by atoms with Gasteiger partial charge in [0.2, 0.25) is 0 Å². The van der Waals surface area contributed by atoms with Gasteiger partial charge >= 0.3 is 0 Å². The van der Waals surface area contributed by atoms with E-state index in [-0.39, 0.29) is 0 Å². The zero-order chi connectivity index (χ0) is 14.4. The van der Waals surface area contributed by atoms with E-state index in [1.807, 2.05) is 7.05 Å². The highest BCUT2D eigenvalue weighted by atomic mass is 79.9. The second-order valence-electron chi connectivity index (χ2n) is 5.19. The highest BCUT2D eigenvalue weighted by molar-refractivity contribution is 9.10. The summed E-state index contributed by atoms with van der Waals surface area (Å²) >= 11 is 3.48. The molecular weight excluding hydrogens is 310 g/mol. The van der Waals surface area contributed by atoms with Gasteiger partial charge in [-0.05, 0) is 55.1 Å². The number of rotatable bonds is 6. The molecule has 2 rings (SSSR count). The number of nitrogens with one attached hydrogen (secondary N) is 1. The van der Waals surface area contributed by atoms with Gasteiger partial charge in [-0.25, -0.2) is 0 Å². The third-order valence-corrected chi connectivity index (χ3v) is 4.25. The monoisotopic (exact) mass is 331 g/mol. The molecule has 2 aromatic rings. The fourth-order valence-corrected chi connectivity index (χ4v) is 2.64. The predicted octanol–water partition coefficient (Wildman–Crippen LogP) is 4.38. The second-order valence-corrected chi connectivity index (χ2v) is 6.11. The van der Waals surface area contributed by atoms with Gasteiger partial charge in [-0.3, -0.25) is 0 Å². The summed E-state index contributed by atoms with van der Waals surface area (Å²) in [7, 11) is 2.05. The van der Waals surface area contributed by atoms with Crippen LogP contribution in [-0.4, -0.2) is 13.1 Å². The lowest BCUT2D eigenvalue weighted by Gasteiger charge is -2.16. The molecule has 0 aliphatic carbocycles. The first-order valence-electron chi connectivity index (χ1n) is 7.20. The molecule has 106 valence electrons. The summed E-state index contributed by atoms with van der Waals surface area (Å²) < 4.78 is 1.14. The second kappa shape index (κ2) is 7.61. The molecule has 1 nitrogen and oxygen atoms in total. The van der Waals surface area contributed by atoms with Crippen molar-refractivity contribution in [3.05, 3.63) is 69.7 Å². The van der Waals surface area contributed by atoms with Crippen LogP contribution in [0.2, 0.25) is 0 Å². The normalized spacial score (nSPS) is 12.3. The maximum atomic E-state index is 3.48. The molecule has 0 aromatic heterocycles. The van der Waals surface area contributed by atoms with Crippen LogP contribution in [0.4, 0.5) is 0 Å². The summed E-state index contributed by atoms with van der Waals surface area (Å²) in [6.45, 7) is 2.19. The third kappa shape index (κ3) is 4.46. The van der Waals surface area contributed by atoms with Crippen molar-refractivity contribution in [2.45, 2.75) is 32.2 Å². The van der Waals surface area contributed by atoms with Crippen LogP contribution in [0.25, 0.3) is 0 Å². The van der Waals surface area contributed by atoms with Gasteiger partial charge in [0.25, 0.3) is 0 Å². The lowest BCUT2D eigenvalue weighted by molar-refractivity contribution is 0.556. The Bertz CT molecular complexity index is 516. The van der Waals surface area contributed by atoms with Gasteiger partial charge in [0, 0.05) is 10.5 Å². The summed E-state index contributed by atoms with van der Waals surface area (Å²) in [5, 5.41) is 3.43. The molecule has 0 bridgehead atoms. The molecule has 0 heterocycles. The minimum atomic E-state index is 0.476. The lowest BCUT2D eigenvalue weighted by atomic mass is 9.98. The molecule has 0 aliphatic rings. The third-order valence-electron chi connectivity index (χ3n) is 3.72. The number of benzene rings is 2. The Morgan fingerprint density at radius 1 is 0.850 bits per heavy atom. The maximum Gasteiger partial charge on any atom is 0.0175 e. The van der Waals surface area contributed by atoms with Crippen LogP contribution in [-0.2, 0) is 19.3 Å². The summed E-state index contributed by atoms with van der Waals surface area (Å²) in [4.78, 5) is 0. The average Bonchev–Trinajstić information content (AvgIpc) is 2.49. The fraction of sp³-hybridized carbons (Fsp3) is 0.333. The standard InChI is InChI=1S/C18H22BrN/c1-3-14-4-6-15(7-5-14)12-18(20-2)13-16-8-10-17(19)11-9-16/h4-11,18,20H,3,12-13H2,1-2H3. The first-order valence-corrected chi connectivity index (χ1v) is 8.00. The number of hydrogen-bond acceptors (Lipinski definition) is 1. The zero-order valence-electron chi connectivity index (χ0n) is 12.2. The summed E-state index contributed by atoms with van der Waals surface area (Å²) in [6, 6.07) is 18.1. The van der Waals surface area contributed by atoms with Crippen molar-refractivity contribution >= 4 is 15.9 Å². The van der Waals surface area contributed by atoms with E-state index >= 15 is 0 Å². The van der Waals surface area contributed by atoms with E-state index in [1.54, 1.807) is 0 Å². The molecule has 0 spiro atoms. The van der Waals surface area contributed by atoms with Crippen molar-refractivity contribution in [1.82, 2.24) is 5.32 Å². The molecule has 2 heteroatoms. The van der Waals surface area contributed by atoms with Crippen LogP contribution < -0.4 is 5.32 Å². The van der Waals surface area contributed by atoms with Crippen molar-refractivity contribution < 1.29 is 0 Å². The molecule has 2 aromatic carbocycles. The molecule has 1 atom stereocenters. The minimum absolute atomic E-state index is 0.476. The predicted molar refractivity (Wildman–Crippen MR) is 90.2 cm³/mol. The number of hydrogen-bond donors (Lipinski definition) is 1. The van der Waals surface area contributed by atoms with Gasteiger partial charge in [0.15, 0.2) is 0 Å². The van der Waals surface area contributed by atoms with Crippen LogP contribution in [0, 0.1) is 0 Å². The summed E-state index contributed by atoms with van der Waals surface area (Å²) in [5.41, 5.74) is 4.18. The van der Waals surface area contributed by atoms with E-state index in [1.165, 1.54) is 16.7 Å². The Kier molecular flexibility index (Phi) is 5.81. The molecule has 1 unspecified atom stereocenters. The highest BCUT2D eigenvalue weighted by Gasteiger charge is 2.08. The molecule has 0 saturated carbocycles. The van der Waals surface area contributed by atoms with Gasteiger partial charge in [0.1, 0.15) is 0 Å². The van der Waals surface area contributed by atoms with Gasteiger partial charge in [-0.1, -0.05) is 59.3 Å². The van der Waals surface area contributed by atoms with Gasteiger partial charge < -0.3 is 5.32 Å². The molecule has 20 heavy (non-hydrogen) atoms. The number of likely N-dealkylation sites (N-methyl/N-ethyl adjacent to an activating group) is 1. The van der Waals surface area contributed by atoms with Gasteiger partial charge in [-0.2, -0.15) is 0 Å². The number of halogens is 1. The Labute approximate surface area is 130 Å². The molecule has 0 fully saturated rings. The van der Waals surface area contributed by atoms with Crippen molar-refractivity contribution in [2.75, 3.05) is 7.05 Å². The smallest absolute Gasteiger partial charge is 0.0175 e. The van der Waals surface area contributed by atoms with E-state index in [9.17, 15) is 0 Å². The number of aryl methyl sites for hydroxylation is 1. The molecule has 0 radical (unpaired) electrons. The van der Waals surface area contributed by atoms with E-state index in [4.69, 9.17) is 0 Å². The van der Waals surface area contributed by atoms with E-state index in [0.29, 0.717) is 6.04 Å². The van der Waals surface area contributed by atoms with Crippen molar-refractivity contribution in [1.29, 1.82) is 0 Å². The van der Waals surface area contributed by atoms with Gasteiger partial charge in [-0.15, -0.1) is 0 Å². The highest BCUT2D eigenvalue weighted by Crippen LogP contribution is 2.14. The molecule has 1 N–H and O–H groups in total. The van der Waals surface area contributed by atoms with Crippen LogP contribution in [0.5, 0.6) is 0 Å². The van der Waals surface area contributed by atoms with Gasteiger partial charge in [0.05, 0.1) is 0 Å². The topological polar surface area (TPSA) is 12.0 Å². The molecule has 0 saturated heterocycles. The van der Waals surface area contributed by atoms with E-state index < -0.39 is 0 Å². The molecule has 0 amide bonds. The Balaban J connectivity index is 1.99. The molecule has 0 aliphatic heterocycles. The van der Waals surface area contributed by atoms with Crippen molar-refractivity contribution in [3.8, 4) is 0 Å². The first kappa shape index (κ1) is 15.3.